The van der Waals surface area contributed by atoms with Crippen LogP contribution in [-0.4, -0.2) is 49.0 Å². The Balaban J connectivity index is 1.45. The molecule has 1 aliphatic heterocycles. The van der Waals surface area contributed by atoms with Crippen LogP contribution < -0.4 is 14.8 Å². The number of ether oxygens (including phenoxy) is 2. The van der Waals surface area contributed by atoms with Crippen molar-refractivity contribution in [1.82, 2.24) is 15.2 Å². The van der Waals surface area contributed by atoms with Crippen molar-refractivity contribution in [3.8, 4) is 11.5 Å². The van der Waals surface area contributed by atoms with Crippen molar-refractivity contribution in [3.63, 3.8) is 0 Å². The molecular weight excluding hydrogens is 374 g/mol. The molecule has 1 fully saturated rings. The third kappa shape index (κ3) is 5.49. The van der Waals surface area contributed by atoms with Crippen molar-refractivity contribution >= 4 is 11.8 Å². The summed E-state index contributed by atoms with van der Waals surface area (Å²) in [6, 6.07) is 5.52. The van der Waals surface area contributed by atoms with Gasteiger partial charge in [0.15, 0.2) is 6.39 Å². The predicted octanol–water partition coefficient (Wildman–Crippen LogP) is 2.64. The number of oxazole rings is 1. The second kappa shape index (κ2) is 9.95. The molecule has 1 aromatic heterocycles. The highest BCUT2D eigenvalue weighted by Gasteiger charge is 2.26. The molecule has 0 bridgehead atoms. The molecule has 1 saturated heterocycles. The fourth-order valence-electron chi connectivity index (χ4n) is 3.58. The summed E-state index contributed by atoms with van der Waals surface area (Å²) in [5.74, 6) is 1.80. The number of likely N-dealkylation sites (tertiary alicyclic amines) is 1. The Morgan fingerprint density at radius 3 is 2.90 bits per heavy atom. The lowest BCUT2D eigenvalue weighted by Crippen LogP contribution is -2.40. The highest BCUT2D eigenvalue weighted by molar-refractivity contribution is 5.91. The van der Waals surface area contributed by atoms with Gasteiger partial charge in [-0.3, -0.25) is 9.59 Å². The van der Waals surface area contributed by atoms with Crippen LogP contribution >= 0.6 is 0 Å². The fraction of sp³-hybridized carbons (Fsp3) is 0.476. The number of nitrogens with zero attached hydrogens (tertiary/aromatic N) is 2. The first kappa shape index (κ1) is 20.7. The molecule has 8 heteroatoms. The molecule has 1 N–H and O–H groups in total. The van der Waals surface area contributed by atoms with E-state index in [0.29, 0.717) is 43.5 Å². The van der Waals surface area contributed by atoms with Gasteiger partial charge in [0.1, 0.15) is 11.5 Å². The topological polar surface area (TPSA) is 93.9 Å². The van der Waals surface area contributed by atoms with Crippen LogP contribution in [0.5, 0.6) is 11.5 Å². The number of aromatic nitrogens is 1. The van der Waals surface area contributed by atoms with Crippen LogP contribution in [0.1, 0.15) is 41.8 Å². The fourth-order valence-corrected chi connectivity index (χ4v) is 3.58. The van der Waals surface area contributed by atoms with E-state index in [1.807, 2.05) is 12.1 Å². The molecule has 8 nitrogen and oxygen atoms in total. The first-order valence-electron chi connectivity index (χ1n) is 9.76. The summed E-state index contributed by atoms with van der Waals surface area (Å²) in [4.78, 5) is 30.3. The zero-order valence-electron chi connectivity index (χ0n) is 16.8. The number of methoxy groups -OCH3 is 2. The maximum Gasteiger partial charge on any atom is 0.291 e. The largest absolute Gasteiger partial charge is 0.497 e. The molecule has 0 aliphatic carbocycles. The van der Waals surface area contributed by atoms with Gasteiger partial charge in [0, 0.05) is 37.7 Å². The molecule has 0 spiro atoms. The number of carbonyl (C=O) groups excluding carboxylic acids is 2. The Kier molecular flexibility index (Phi) is 7.10. The zero-order chi connectivity index (χ0) is 20.6. The summed E-state index contributed by atoms with van der Waals surface area (Å²) in [7, 11) is 3.19. The van der Waals surface area contributed by atoms with E-state index < -0.39 is 0 Å². The number of piperidine rings is 1. The van der Waals surface area contributed by atoms with E-state index in [4.69, 9.17) is 13.9 Å². The monoisotopic (exact) mass is 401 g/mol. The van der Waals surface area contributed by atoms with Gasteiger partial charge < -0.3 is 24.1 Å². The van der Waals surface area contributed by atoms with Gasteiger partial charge in [-0.25, -0.2) is 4.98 Å². The first-order chi connectivity index (χ1) is 14.1. The van der Waals surface area contributed by atoms with Crippen LogP contribution in [0.15, 0.2) is 35.2 Å². The van der Waals surface area contributed by atoms with Crippen molar-refractivity contribution in [1.29, 1.82) is 0 Å². The third-order valence-electron chi connectivity index (χ3n) is 5.20. The van der Waals surface area contributed by atoms with E-state index in [9.17, 15) is 9.59 Å². The minimum Gasteiger partial charge on any atom is -0.497 e. The number of nitrogens with one attached hydrogen (secondary N) is 1. The number of hydrogen-bond acceptors (Lipinski definition) is 6. The van der Waals surface area contributed by atoms with Crippen LogP contribution in [0.2, 0.25) is 0 Å². The minimum absolute atomic E-state index is 0.0124. The lowest BCUT2D eigenvalue weighted by atomic mass is 9.93. The molecule has 2 amide bonds. The van der Waals surface area contributed by atoms with Crippen molar-refractivity contribution in [2.24, 2.45) is 5.92 Å². The number of amides is 2. The average molecular weight is 401 g/mol. The molecule has 0 radical (unpaired) electrons. The van der Waals surface area contributed by atoms with Gasteiger partial charge >= 0.3 is 0 Å². The van der Waals surface area contributed by atoms with E-state index in [2.05, 4.69) is 10.3 Å². The van der Waals surface area contributed by atoms with Gasteiger partial charge in [0.05, 0.1) is 20.4 Å². The van der Waals surface area contributed by atoms with E-state index in [-0.39, 0.29) is 17.6 Å². The van der Waals surface area contributed by atoms with Gasteiger partial charge in [0.2, 0.25) is 11.7 Å². The number of benzene rings is 1. The maximum absolute atomic E-state index is 12.4. The maximum atomic E-state index is 12.4. The Bertz CT molecular complexity index is 822. The number of hydrogen-bond donors (Lipinski definition) is 1. The molecule has 29 heavy (non-hydrogen) atoms. The molecule has 156 valence electrons. The zero-order valence-corrected chi connectivity index (χ0v) is 16.8. The van der Waals surface area contributed by atoms with Crippen molar-refractivity contribution in [2.45, 2.75) is 32.2 Å². The van der Waals surface area contributed by atoms with E-state index in [1.54, 1.807) is 25.2 Å². The lowest BCUT2D eigenvalue weighted by Gasteiger charge is -2.32. The molecule has 0 saturated carbocycles. The third-order valence-corrected chi connectivity index (χ3v) is 5.20. The van der Waals surface area contributed by atoms with Gasteiger partial charge in [-0.05, 0) is 37.3 Å². The van der Waals surface area contributed by atoms with E-state index in [0.717, 1.165) is 24.8 Å². The predicted molar refractivity (Wildman–Crippen MR) is 106 cm³/mol. The van der Waals surface area contributed by atoms with Crippen molar-refractivity contribution in [3.05, 3.63) is 42.1 Å². The molecule has 0 unspecified atom stereocenters. The van der Waals surface area contributed by atoms with E-state index >= 15 is 0 Å². The highest BCUT2D eigenvalue weighted by atomic mass is 16.5. The van der Waals surface area contributed by atoms with Crippen molar-refractivity contribution in [2.75, 3.05) is 27.3 Å². The number of carbonyl (C=O) groups is 2. The molecule has 1 atom stereocenters. The molecule has 1 aliphatic rings. The molecule has 2 aromatic rings. The second-order valence-electron chi connectivity index (χ2n) is 7.12. The standard InChI is InChI=1S/C21H27N3O5/c1-27-17-7-6-16(18(10-17)28-2)11-23-20(25)8-5-15-4-3-9-24(13-15)21(26)19-12-22-14-29-19/h6-7,10,12,14-15H,3-5,8-9,11,13H2,1-2H3,(H,23,25)/t15-/m0/s1. The first-order valence-corrected chi connectivity index (χ1v) is 9.76. The molecular formula is C21H27N3O5. The van der Waals surface area contributed by atoms with Crippen LogP contribution in [0, 0.1) is 5.92 Å². The Labute approximate surface area is 170 Å². The van der Waals surface area contributed by atoms with Gasteiger partial charge in [-0.15, -0.1) is 0 Å². The van der Waals surface area contributed by atoms with Gasteiger partial charge in [-0.2, -0.15) is 0 Å². The van der Waals surface area contributed by atoms with Crippen LogP contribution in [-0.2, 0) is 11.3 Å². The average Bonchev–Trinajstić information content (AvgIpc) is 3.30. The summed E-state index contributed by atoms with van der Waals surface area (Å²) < 4.78 is 15.7. The van der Waals surface area contributed by atoms with Gasteiger partial charge in [-0.1, -0.05) is 0 Å². The minimum atomic E-state index is -0.136. The summed E-state index contributed by atoms with van der Waals surface area (Å²) in [5, 5.41) is 2.94. The van der Waals surface area contributed by atoms with Crippen LogP contribution in [0.3, 0.4) is 0 Å². The summed E-state index contributed by atoms with van der Waals surface area (Å²) in [5.41, 5.74) is 0.892. The lowest BCUT2D eigenvalue weighted by molar-refractivity contribution is -0.121. The summed E-state index contributed by atoms with van der Waals surface area (Å²) in [6.07, 6.45) is 5.80. The highest BCUT2D eigenvalue weighted by Crippen LogP contribution is 2.25. The molecule has 2 heterocycles. The van der Waals surface area contributed by atoms with Crippen LogP contribution in [0.25, 0.3) is 0 Å². The van der Waals surface area contributed by atoms with E-state index in [1.165, 1.54) is 12.6 Å². The number of rotatable bonds is 8. The van der Waals surface area contributed by atoms with Crippen LogP contribution in [0.4, 0.5) is 0 Å². The SMILES string of the molecule is COc1ccc(CNC(=O)CC[C@@H]2CCCN(C(=O)c3cnco3)C2)c(OC)c1. The van der Waals surface area contributed by atoms with Crippen molar-refractivity contribution < 1.29 is 23.5 Å². The smallest absolute Gasteiger partial charge is 0.291 e. The Morgan fingerprint density at radius 1 is 1.31 bits per heavy atom. The second-order valence-corrected chi connectivity index (χ2v) is 7.12. The normalized spacial score (nSPS) is 16.3. The molecule has 1 aromatic carbocycles. The Hall–Kier alpha value is -3.03. The quantitative estimate of drug-likeness (QED) is 0.731. The summed E-state index contributed by atoms with van der Waals surface area (Å²) in [6.45, 7) is 1.74. The van der Waals surface area contributed by atoms with Gasteiger partial charge in [0.25, 0.3) is 5.91 Å². The summed E-state index contributed by atoms with van der Waals surface area (Å²) >= 11 is 0. The Morgan fingerprint density at radius 2 is 2.17 bits per heavy atom. The molecule has 3 rings (SSSR count).